The van der Waals surface area contributed by atoms with Crippen molar-refractivity contribution in [3.8, 4) is 17.6 Å². The van der Waals surface area contributed by atoms with Crippen LogP contribution < -0.4 is 4.74 Å². The smallest absolute Gasteiger partial charge is 0.253 e. The Morgan fingerprint density at radius 2 is 1.57 bits per heavy atom. The van der Waals surface area contributed by atoms with Crippen molar-refractivity contribution in [1.82, 2.24) is 9.21 Å². The van der Waals surface area contributed by atoms with Gasteiger partial charge in [-0.05, 0) is 60.7 Å². The summed E-state index contributed by atoms with van der Waals surface area (Å²) < 4.78 is 47.2. The van der Waals surface area contributed by atoms with Gasteiger partial charge in [0.05, 0.1) is 11.6 Å². The maximum atomic E-state index is 13.5. The molecule has 0 spiro atoms. The van der Waals surface area contributed by atoms with E-state index in [2.05, 4.69) is 0 Å². The number of carbonyl (C=O) groups is 1. The molecule has 3 aromatic rings. The van der Waals surface area contributed by atoms with Crippen LogP contribution in [0.2, 0.25) is 10.0 Å². The lowest BCUT2D eigenvalue weighted by atomic mass is 10.2. The van der Waals surface area contributed by atoms with Crippen molar-refractivity contribution >= 4 is 39.1 Å². The van der Waals surface area contributed by atoms with Crippen molar-refractivity contribution in [2.45, 2.75) is 4.90 Å². The van der Waals surface area contributed by atoms with Crippen molar-refractivity contribution in [1.29, 1.82) is 5.26 Å². The van der Waals surface area contributed by atoms with Crippen LogP contribution in [0, 0.1) is 17.1 Å². The Kier molecular flexibility index (Phi) is 7.28. The fourth-order valence-corrected chi connectivity index (χ4v) is 5.69. The highest BCUT2D eigenvalue weighted by molar-refractivity contribution is 7.89. The summed E-state index contributed by atoms with van der Waals surface area (Å²) in [6.07, 6.45) is 0. The van der Waals surface area contributed by atoms with Crippen LogP contribution in [-0.4, -0.2) is 49.7 Å². The summed E-state index contributed by atoms with van der Waals surface area (Å²) >= 11 is 12.0. The Hall–Kier alpha value is -3.16. The van der Waals surface area contributed by atoms with E-state index in [1.54, 1.807) is 0 Å². The second-order valence-corrected chi connectivity index (χ2v) is 10.5. The van der Waals surface area contributed by atoms with Crippen LogP contribution in [0.1, 0.15) is 15.9 Å². The molecule has 4 rings (SSSR count). The van der Waals surface area contributed by atoms with Gasteiger partial charge in [-0.25, -0.2) is 12.8 Å². The lowest BCUT2D eigenvalue weighted by Gasteiger charge is -2.34. The zero-order chi connectivity index (χ0) is 25.2. The molecule has 0 unspecified atom stereocenters. The van der Waals surface area contributed by atoms with Gasteiger partial charge in [0.2, 0.25) is 10.0 Å². The van der Waals surface area contributed by atoms with E-state index in [0.29, 0.717) is 15.6 Å². The molecule has 0 saturated carbocycles. The number of rotatable bonds is 5. The molecule has 1 saturated heterocycles. The Morgan fingerprint density at radius 3 is 2.17 bits per heavy atom. The monoisotopic (exact) mass is 533 g/mol. The first-order valence-corrected chi connectivity index (χ1v) is 12.6. The maximum Gasteiger partial charge on any atom is 0.253 e. The third kappa shape index (κ3) is 5.57. The lowest BCUT2D eigenvalue weighted by Crippen LogP contribution is -2.50. The molecule has 11 heteroatoms. The number of carbonyl (C=O) groups excluding carboxylic acids is 1. The van der Waals surface area contributed by atoms with Gasteiger partial charge in [0.25, 0.3) is 5.91 Å². The highest BCUT2D eigenvalue weighted by atomic mass is 35.5. The van der Waals surface area contributed by atoms with E-state index >= 15 is 0 Å². The predicted octanol–water partition coefficient (Wildman–Crippen LogP) is 4.94. The number of hydrogen-bond acceptors (Lipinski definition) is 5. The molecule has 0 radical (unpaired) electrons. The zero-order valence-corrected chi connectivity index (χ0v) is 20.4. The fraction of sp³-hybridized carbons (Fsp3) is 0.167. The number of sulfonamides is 1. The molecule has 1 aliphatic heterocycles. The van der Waals surface area contributed by atoms with E-state index in [4.69, 9.17) is 27.9 Å². The molecule has 3 aromatic carbocycles. The van der Waals surface area contributed by atoms with Gasteiger partial charge in [0.15, 0.2) is 0 Å². The number of nitrogens with zero attached hydrogens (tertiary/aromatic N) is 3. The molecule has 0 bridgehead atoms. The minimum absolute atomic E-state index is 0.00662. The first-order valence-electron chi connectivity index (χ1n) is 10.4. The van der Waals surface area contributed by atoms with E-state index in [9.17, 15) is 22.9 Å². The lowest BCUT2D eigenvalue weighted by molar-refractivity contribution is 0.0697. The fourth-order valence-electron chi connectivity index (χ4n) is 3.62. The number of benzene rings is 3. The minimum Gasteiger partial charge on any atom is -0.456 e. The van der Waals surface area contributed by atoms with Crippen LogP contribution in [0.15, 0.2) is 65.6 Å². The highest BCUT2D eigenvalue weighted by Gasteiger charge is 2.33. The topological polar surface area (TPSA) is 90.7 Å². The van der Waals surface area contributed by atoms with Crippen molar-refractivity contribution < 1.29 is 22.3 Å². The van der Waals surface area contributed by atoms with Crippen LogP contribution >= 0.6 is 23.2 Å². The Labute approximate surface area is 211 Å². The molecule has 1 amide bonds. The Balaban J connectivity index is 1.57. The van der Waals surface area contributed by atoms with Gasteiger partial charge in [-0.2, -0.15) is 9.57 Å². The van der Waals surface area contributed by atoms with Gasteiger partial charge in [0.1, 0.15) is 22.2 Å². The molecule has 180 valence electrons. The Bertz CT molecular complexity index is 1400. The number of piperazine rings is 1. The number of ether oxygens (including phenoxy) is 1. The second-order valence-electron chi connectivity index (χ2n) is 7.68. The maximum absolute atomic E-state index is 13.5. The molecule has 1 heterocycles. The van der Waals surface area contributed by atoms with Gasteiger partial charge in [0, 0.05) is 41.8 Å². The number of amides is 1. The van der Waals surface area contributed by atoms with E-state index < -0.39 is 15.8 Å². The molecule has 0 aromatic heterocycles. The summed E-state index contributed by atoms with van der Waals surface area (Å²) in [5.41, 5.74) is 0.463. The first kappa shape index (κ1) is 24.9. The Morgan fingerprint density at radius 1 is 0.943 bits per heavy atom. The van der Waals surface area contributed by atoms with Gasteiger partial charge in [-0.15, -0.1) is 0 Å². The molecular weight excluding hydrogens is 516 g/mol. The van der Waals surface area contributed by atoms with Crippen LogP contribution in [0.25, 0.3) is 0 Å². The summed E-state index contributed by atoms with van der Waals surface area (Å²) in [5.74, 6) is -0.518. The third-order valence-corrected chi connectivity index (χ3v) is 7.73. The number of nitriles is 1. The van der Waals surface area contributed by atoms with Crippen molar-refractivity contribution in [2.75, 3.05) is 26.2 Å². The molecule has 0 aliphatic carbocycles. The largest absolute Gasteiger partial charge is 0.456 e. The number of halogens is 3. The number of hydrogen-bond donors (Lipinski definition) is 0. The summed E-state index contributed by atoms with van der Waals surface area (Å²) in [6, 6.07) is 15.7. The van der Waals surface area contributed by atoms with Crippen molar-refractivity contribution in [3.63, 3.8) is 0 Å². The van der Waals surface area contributed by atoms with Crippen molar-refractivity contribution in [2.24, 2.45) is 0 Å². The van der Waals surface area contributed by atoms with E-state index in [1.807, 2.05) is 6.07 Å². The molecule has 35 heavy (non-hydrogen) atoms. The van der Waals surface area contributed by atoms with Crippen LogP contribution in [0.5, 0.6) is 11.5 Å². The highest BCUT2D eigenvalue weighted by Crippen LogP contribution is 2.34. The standard InChI is InChI=1S/C24H18Cl2FN3O4S/c25-18-12-19(26)14-21(13-18)34-22-6-1-16(15-28)11-23(22)35(32,33)30-9-7-29(8-10-30)24(31)17-2-4-20(27)5-3-17/h1-6,11-14H,7-10H2. The summed E-state index contributed by atoms with van der Waals surface area (Å²) in [4.78, 5) is 14.0. The normalized spacial score (nSPS) is 14.4. The van der Waals surface area contributed by atoms with E-state index in [-0.39, 0.29) is 54.0 Å². The molecular formula is C24H18Cl2FN3O4S. The van der Waals surface area contributed by atoms with Gasteiger partial charge in [-0.3, -0.25) is 4.79 Å². The average Bonchev–Trinajstić information content (AvgIpc) is 2.83. The van der Waals surface area contributed by atoms with E-state index in [1.165, 1.54) is 69.9 Å². The zero-order valence-electron chi connectivity index (χ0n) is 18.1. The first-order chi connectivity index (χ1) is 16.7. The summed E-state index contributed by atoms with van der Waals surface area (Å²) in [5, 5.41) is 9.94. The summed E-state index contributed by atoms with van der Waals surface area (Å²) in [7, 11) is -4.08. The minimum atomic E-state index is -4.08. The van der Waals surface area contributed by atoms with Crippen LogP contribution in [0.4, 0.5) is 4.39 Å². The molecule has 1 aliphatic rings. The molecule has 0 N–H and O–H groups in total. The summed E-state index contributed by atoms with van der Waals surface area (Å²) in [6.45, 7) is 0.365. The average molecular weight is 534 g/mol. The van der Waals surface area contributed by atoms with E-state index in [0.717, 1.165) is 0 Å². The van der Waals surface area contributed by atoms with Crippen LogP contribution in [0.3, 0.4) is 0 Å². The second kappa shape index (κ2) is 10.2. The van der Waals surface area contributed by atoms with Gasteiger partial charge < -0.3 is 9.64 Å². The SMILES string of the molecule is N#Cc1ccc(Oc2cc(Cl)cc(Cl)c2)c(S(=O)(=O)N2CCN(C(=O)c3ccc(F)cc3)CC2)c1. The molecule has 1 fully saturated rings. The van der Waals surface area contributed by atoms with Gasteiger partial charge in [-0.1, -0.05) is 23.2 Å². The third-order valence-electron chi connectivity index (χ3n) is 5.37. The molecule has 0 atom stereocenters. The van der Waals surface area contributed by atoms with Crippen molar-refractivity contribution in [3.05, 3.63) is 87.7 Å². The van der Waals surface area contributed by atoms with Gasteiger partial charge >= 0.3 is 0 Å². The van der Waals surface area contributed by atoms with Crippen LogP contribution in [-0.2, 0) is 10.0 Å². The quantitative estimate of drug-likeness (QED) is 0.463. The molecule has 7 nitrogen and oxygen atoms in total. The predicted molar refractivity (Wildman–Crippen MR) is 129 cm³/mol.